The molecular weight excluding hydrogens is 365 g/mol. The first-order valence-electron chi connectivity index (χ1n) is 10.0. The second kappa shape index (κ2) is 9.87. The van der Waals surface area contributed by atoms with Gasteiger partial charge in [-0.05, 0) is 74.7 Å². The van der Waals surface area contributed by atoms with Crippen molar-refractivity contribution in [3.63, 3.8) is 0 Å². The molecule has 0 spiro atoms. The summed E-state index contributed by atoms with van der Waals surface area (Å²) in [4.78, 5) is 11.1. The Kier molecular flexibility index (Phi) is 7.00. The Hall–Kier alpha value is -3.15. The lowest BCUT2D eigenvalue weighted by Crippen LogP contribution is -2.21. The Balaban J connectivity index is 1.61. The molecule has 2 N–H and O–H groups in total. The third kappa shape index (κ3) is 5.67. The lowest BCUT2D eigenvalue weighted by atomic mass is 10.1. The van der Waals surface area contributed by atoms with Crippen LogP contribution in [0.15, 0.2) is 54.7 Å². The molecule has 3 rings (SSSR count). The molecule has 0 amide bonds. The molecule has 0 unspecified atom stereocenters. The number of halogens is 1. The van der Waals surface area contributed by atoms with Crippen LogP contribution >= 0.6 is 0 Å². The number of hydrogen-bond acceptors (Lipinski definition) is 5. The average Bonchev–Trinajstić information content (AvgIpc) is 2.73. The minimum absolute atomic E-state index is 0.218. The molecule has 1 aromatic heterocycles. The third-order valence-electron chi connectivity index (χ3n) is 4.87. The van der Waals surface area contributed by atoms with Crippen molar-refractivity contribution in [3.05, 3.63) is 71.7 Å². The summed E-state index contributed by atoms with van der Waals surface area (Å²) in [6.07, 6.45) is 2.50. The molecule has 2 aromatic carbocycles. The van der Waals surface area contributed by atoms with Crippen molar-refractivity contribution in [2.75, 3.05) is 35.2 Å². The zero-order valence-corrected chi connectivity index (χ0v) is 17.2. The van der Waals surface area contributed by atoms with E-state index in [9.17, 15) is 4.39 Å². The van der Waals surface area contributed by atoms with E-state index < -0.39 is 0 Å². The molecule has 0 saturated heterocycles. The fourth-order valence-electron chi connectivity index (χ4n) is 3.19. The van der Waals surface area contributed by atoms with Gasteiger partial charge in [0, 0.05) is 37.2 Å². The van der Waals surface area contributed by atoms with E-state index in [1.807, 2.05) is 6.07 Å². The molecule has 6 heteroatoms. The zero-order chi connectivity index (χ0) is 20.6. The van der Waals surface area contributed by atoms with Crippen LogP contribution < -0.4 is 15.5 Å². The summed E-state index contributed by atoms with van der Waals surface area (Å²) < 4.78 is 13.0. The van der Waals surface area contributed by atoms with Gasteiger partial charge in [0.15, 0.2) is 0 Å². The molecule has 0 saturated carbocycles. The molecule has 0 aliphatic heterocycles. The van der Waals surface area contributed by atoms with Gasteiger partial charge in [-0.2, -0.15) is 4.98 Å². The van der Waals surface area contributed by atoms with Crippen LogP contribution in [-0.4, -0.2) is 29.6 Å². The van der Waals surface area contributed by atoms with Crippen molar-refractivity contribution < 1.29 is 4.39 Å². The van der Waals surface area contributed by atoms with Gasteiger partial charge in [-0.25, -0.2) is 9.37 Å². The monoisotopic (exact) mass is 393 g/mol. The maximum absolute atomic E-state index is 13.0. The summed E-state index contributed by atoms with van der Waals surface area (Å²) in [5, 5.41) is 6.60. The van der Waals surface area contributed by atoms with Crippen molar-refractivity contribution in [2.24, 2.45) is 0 Å². The van der Waals surface area contributed by atoms with Crippen LogP contribution in [0.25, 0.3) is 0 Å². The lowest BCUT2D eigenvalue weighted by molar-refractivity contribution is 0.627. The van der Waals surface area contributed by atoms with E-state index in [0.29, 0.717) is 12.5 Å². The van der Waals surface area contributed by atoms with E-state index in [4.69, 9.17) is 0 Å². The van der Waals surface area contributed by atoms with Gasteiger partial charge in [-0.1, -0.05) is 12.1 Å². The van der Waals surface area contributed by atoms with Crippen molar-refractivity contribution in [1.29, 1.82) is 0 Å². The number of aromatic nitrogens is 2. The normalized spacial score (nSPS) is 10.6. The molecule has 3 aromatic rings. The number of anilines is 4. The first kappa shape index (κ1) is 20.6. The zero-order valence-electron chi connectivity index (χ0n) is 17.2. The van der Waals surface area contributed by atoms with Gasteiger partial charge in [0.2, 0.25) is 5.95 Å². The predicted molar refractivity (Wildman–Crippen MR) is 119 cm³/mol. The Labute approximate surface area is 172 Å². The molecule has 152 valence electrons. The van der Waals surface area contributed by atoms with Crippen molar-refractivity contribution in [1.82, 2.24) is 9.97 Å². The second-order valence-electron chi connectivity index (χ2n) is 6.87. The van der Waals surface area contributed by atoms with Crippen LogP contribution in [0.4, 0.5) is 27.5 Å². The van der Waals surface area contributed by atoms with Gasteiger partial charge in [-0.3, -0.25) is 0 Å². The molecule has 0 aliphatic rings. The van der Waals surface area contributed by atoms with Crippen molar-refractivity contribution >= 4 is 23.1 Å². The molecule has 0 fully saturated rings. The van der Waals surface area contributed by atoms with Gasteiger partial charge >= 0.3 is 0 Å². The van der Waals surface area contributed by atoms with E-state index in [2.05, 4.69) is 64.5 Å². The van der Waals surface area contributed by atoms with Crippen LogP contribution in [0, 0.1) is 12.7 Å². The molecule has 0 aliphatic carbocycles. The summed E-state index contributed by atoms with van der Waals surface area (Å²) in [5.41, 5.74) is 4.48. The fourth-order valence-corrected chi connectivity index (χ4v) is 3.19. The summed E-state index contributed by atoms with van der Waals surface area (Å²) in [6, 6.07) is 14.8. The number of nitrogens with one attached hydrogen (secondary N) is 2. The van der Waals surface area contributed by atoms with Gasteiger partial charge in [0.25, 0.3) is 0 Å². The SMILES string of the molecule is CCN(CC)c1ccc(Nc2ccnc(NCCc3ccc(F)cc3)n2)c(C)c1. The van der Waals surface area contributed by atoms with Crippen LogP contribution in [0.3, 0.4) is 0 Å². The topological polar surface area (TPSA) is 53.1 Å². The number of rotatable bonds is 9. The predicted octanol–water partition coefficient (Wildman–Crippen LogP) is 5.17. The number of benzene rings is 2. The largest absolute Gasteiger partial charge is 0.372 e. The number of aryl methyl sites for hydroxylation is 1. The Morgan fingerprint density at radius 3 is 2.45 bits per heavy atom. The summed E-state index contributed by atoms with van der Waals surface area (Å²) in [5.74, 6) is 1.08. The van der Waals surface area contributed by atoms with E-state index in [0.717, 1.165) is 36.6 Å². The van der Waals surface area contributed by atoms with Crippen LogP contribution in [-0.2, 0) is 6.42 Å². The number of nitrogens with zero attached hydrogens (tertiary/aromatic N) is 3. The molecule has 0 bridgehead atoms. The molecular formula is C23H28FN5. The third-order valence-corrected chi connectivity index (χ3v) is 4.87. The van der Waals surface area contributed by atoms with Gasteiger partial charge in [-0.15, -0.1) is 0 Å². The molecule has 0 radical (unpaired) electrons. The van der Waals surface area contributed by atoms with Crippen LogP contribution in [0.1, 0.15) is 25.0 Å². The van der Waals surface area contributed by atoms with Gasteiger partial charge in [0.1, 0.15) is 11.6 Å². The second-order valence-corrected chi connectivity index (χ2v) is 6.87. The number of hydrogen-bond donors (Lipinski definition) is 2. The first-order chi connectivity index (χ1) is 14.1. The molecule has 29 heavy (non-hydrogen) atoms. The highest BCUT2D eigenvalue weighted by Gasteiger charge is 2.06. The lowest BCUT2D eigenvalue weighted by Gasteiger charge is -2.22. The minimum Gasteiger partial charge on any atom is -0.372 e. The smallest absolute Gasteiger partial charge is 0.224 e. The van der Waals surface area contributed by atoms with Crippen molar-refractivity contribution in [3.8, 4) is 0 Å². The summed E-state index contributed by atoms with van der Waals surface area (Å²) >= 11 is 0. The van der Waals surface area contributed by atoms with E-state index in [1.54, 1.807) is 18.3 Å². The Bertz CT molecular complexity index is 923. The quantitative estimate of drug-likeness (QED) is 0.525. The maximum atomic E-state index is 13.0. The fraction of sp³-hybridized carbons (Fsp3) is 0.304. The van der Waals surface area contributed by atoms with E-state index in [1.165, 1.54) is 23.4 Å². The standard InChI is InChI=1S/C23H28FN5/c1-4-29(5-2)20-10-11-21(17(3)16-20)27-22-13-15-26-23(28-22)25-14-12-18-6-8-19(24)9-7-18/h6-11,13,15-16H,4-5,12,14H2,1-3H3,(H2,25,26,27,28). The highest BCUT2D eigenvalue weighted by atomic mass is 19.1. The van der Waals surface area contributed by atoms with Crippen molar-refractivity contribution in [2.45, 2.75) is 27.2 Å². The van der Waals surface area contributed by atoms with Crippen LogP contribution in [0.2, 0.25) is 0 Å². The average molecular weight is 394 g/mol. The minimum atomic E-state index is -0.218. The highest BCUT2D eigenvalue weighted by Crippen LogP contribution is 2.25. The maximum Gasteiger partial charge on any atom is 0.224 e. The first-order valence-corrected chi connectivity index (χ1v) is 10.0. The van der Waals surface area contributed by atoms with E-state index >= 15 is 0 Å². The summed E-state index contributed by atoms with van der Waals surface area (Å²) in [6.45, 7) is 9.07. The molecule has 1 heterocycles. The molecule has 5 nitrogen and oxygen atoms in total. The summed E-state index contributed by atoms with van der Waals surface area (Å²) in [7, 11) is 0. The van der Waals surface area contributed by atoms with Gasteiger partial charge in [0.05, 0.1) is 0 Å². The van der Waals surface area contributed by atoms with E-state index in [-0.39, 0.29) is 5.82 Å². The van der Waals surface area contributed by atoms with Crippen LogP contribution in [0.5, 0.6) is 0 Å². The van der Waals surface area contributed by atoms with Gasteiger partial charge < -0.3 is 15.5 Å². The highest BCUT2D eigenvalue weighted by molar-refractivity contribution is 5.65. The Morgan fingerprint density at radius 1 is 1.00 bits per heavy atom. The molecule has 0 atom stereocenters. The Morgan fingerprint density at radius 2 is 1.76 bits per heavy atom.